The summed E-state index contributed by atoms with van der Waals surface area (Å²) in [4.78, 5) is 10.5. The van der Waals surface area contributed by atoms with E-state index in [1.807, 2.05) is 13.8 Å². The van der Waals surface area contributed by atoms with Crippen molar-refractivity contribution < 1.29 is 10.0 Å². The van der Waals surface area contributed by atoms with E-state index in [1.165, 1.54) is 18.2 Å². The molecule has 1 aromatic carbocycles. The number of hydrogen-bond donors (Lipinski definition) is 2. The first-order chi connectivity index (χ1) is 8.45. The van der Waals surface area contributed by atoms with Crippen LogP contribution in [0.4, 0.5) is 11.4 Å². The maximum absolute atomic E-state index is 10.9. The van der Waals surface area contributed by atoms with Gasteiger partial charge in [-0.1, -0.05) is 25.4 Å². The Morgan fingerprint density at radius 1 is 1.50 bits per heavy atom. The summed E-state index contributed by atoms with van der Waals surface area (Å²) in [5, 5.41) is 23.4. The maximum atomic E-state index is 10.9. The molecule has 5 nitrogen and oxygen atoms in total. The quantitative estimate of drug-likeness (QED) is 0.616. The number of nitro benzene ring substituents is 1. The Bertz CT molecular complexity index is 424. The molecule has 0 saturated heterocycles. The zero-order chi connectivity index (χ0) is 13.7. The van der Waals surface area contributed by atoms with E-state index in [1.54, 1.807) is 0 Å². The largest absolute Gasteiger partial charge is 0.396 e. The first-order valence-corrected chi connectivity index (χ1v) is 6.14. The molecule has 0 saturated carbocycles. The van der Waals surface area contributed by atoms with Gasteiger partial charge in [0.25, 0.3) is 5.69 Å². The molecule has 0 amide bonds. The Balaban J connectivity index is 3.00. The topological polar surface area (TPSA) is 75.4 Å². The number of nitro groups is 1. The summed E-state index contributed by atoms with van der Waals surface area (Å²) in [6.45, 7) is 4.01. The summed E-state index contributed by atoms with van der Waals surface area (Å²) in [7, 11) is 0. The van der Waals surface area contributed by atoms with Crippen LogP contribution >= 0.6 is 11.6 Å². The number of rotatable bonds is 6. The highest BCUT2D eigenvalue weighted by molar-refractivity contribution is 6.31. The molecule has 0 radical (unpaired) electrons. The molecule has 0 aromatic heterocycles. The third-order valence-corrected chi connectivity index (χ3v) is 2.98. The number of nitrogens with one attached hydrogen (secondary N) is 1. The lowest BCUT2D eigenvalue weighted by atomic mass is 10.0. The van der Waals surface area contributed by atoms with Crippen LogP contribution in [0.1, 0.15) is 20.3 Å². The van der Waals surface area contributed by atoms with E-state index in [0.717, 1.165) is 0 Å². The summed E-state index contributed by atoms with van der Waals surface area (Å²) in [6, 6.07) is 4.36. The molecule has 1 atom stereocenters. The van der Waals surface area contributed by atoms with Crippen molar-refractivity contribution in [3.8, 4) is 0 Å². The van der Waals surface area contributed by atoms with Crippen LogP contribution in [0.2, 0.25) is 5.02 Å². The van der Waals surface area contributed by atoms with E-state index >= 15 is 0 Å². The van der Waals surface area contributed by atoms with Crippen LogP contribution in [-0.4, -0.2) is 22.7 Å². The average molecular weight is 273 g/mol. The summed E-state index contributed by atoms with van der Waals surface area (Å²) < 4.78 is 0. The highest BCUT2D eigenvalue weighted by Crippen LogP contribution is 2.29. The lowest BCUT2D eigenvalue weighted by Crippen LogP contribution is -2.27. The average Bonchev–Trinajstić information content (AvgIpc) is 2.28. The minimum atomic E-state index is -0.449. The summed E-state index contributed by atoms with van der Waals surface area (Å²) in [6.07, 6.45) is 0.529. The second kappa shape index (κ2) is 6.56. The van der Waals surface area contributed by atoms with Gasteiger partial charge < -0.3 is 10.4 Å². The molecular weight excluding hydrogens is 256 g/mol. The lowest BCUT2D eigenvalue weighted by Gasteiger charge is -2.22. The monoisotopic (exact) mass is 272 g/mol. The van der Waals surface area contributed by atoms with Gasteiger partial charge >= 0.3 is 0 Å². The van der Waals surface area contributed by atoms with E-state index in [0.29, 0.717) is 17.1 Å². The van der Waals surface area contributed by atoms with Crippen LogP contribution in [0.5, 0.6) is 0 Å². The Morgan fingerprint density at radius 3 is 2.67 bits per heavy atom. The van der Waals surface area contributed by atoms with Gasteiger partial charge in [0.1, 0.15) is 5.69 Å². The SMILES string of the molecule is CC(C)C(CCO)Nc1cc(Cl)ccc1[N+](=O)[O-]. The smallest absolute Gasteiger partial charge is 0.292 e. The molecule has 2 N–H and O–H groups in total. The zero-order valence-electron chi connectivity index (χ0n) is 10.4. The van der Waals surface area contributed by atoms with Crippen molar-refractivity contribution in [2.75, 3.05) is 11.9 Å². The van der Waals surface area contributed by atoms with Crippen molar-refractivity contribution >= 4 is 23.0 Å². The van der Waals surface area contributed by atoms with Crippen LogP contribution < -0.4 is 5.32 Å². The van der Waals surface area contributed by atoms with Gasteiger partial charge in [0.2, 0.25) is 0 Å². The molecule has 6 heteroatoms. The molecule has 0 bridgehead atoms. The molecule has 18 heavy (non-hydrogen) atoms. The van der Waals surface area contributed by atoms with Gasteiger partial charge in [-0.25, -0.2) is 0 Å². The molecule has 1 unspecified atom stereocenters. The first kappa shape index (κ1) is 14.7. The fourth-order valence-electron chi connectivity index (χ4n) is 1.69. The highest BCUT2D eigenvalue weighted by Gasteiger charge is 2.19. The number of halogens is 1. The van der Waals surface area contributed by atoms with Crippen LogP contribution in [0, 0.1) is 16.0 Å². The predicted octanol–water partition coefficient (Wildman–Crippen LogP) is 3.07. The molecule has 0 heterocycles. The zero-order valence-corrected chi connectivity index (χ0v) is 11.1. The van der Waals surface area contributed by atoms with Crippen LogP contribution in [0.15, 0.2) is 18.2 Å². The number of aliphatic hydroxyl groups is 1. The molecule has 0 fully saturated rings. The van der Waals surface area contributed by atoms with Crippen LogP contribution in [0.3, 0.4) is 0 Å². The van der Waals surface area contributed by atoms with Crippen molar-refractivity contribution in [1.82, 2.24) is 0 Å². The predicted molar refractivity (Wildman–Crippen MR) is 72.1 cm³/mol. The maximum Gasteiger partial charge on any atom is 0.292 e. The molecule has 0 aliphatic carbocycles. The number of hydrogen-bond acceptors (Lipinski definition) is 4. The number of aliphatic hydroxyl groups excluding tert-OH is 1. The molecule has 1 rings (SSSR count). The highest BCUT2D eigenvalue weighted by atomic mass is 35.5. The van der Waals surface area contributed by atoms with E-state index in [-0.39, 0.29) is 24.3 Å². The Hall–Kier alpha value is -1.33. The summed E-state index contributed by atoms with van der Waals surface area (Å²) >= 11 is 5.85. The van der Waals surface area contributed by atoms with Gasteiger partial charge in [0, 0.05) is 23.7 Å². The van der Waals surface area contributed by atoms with Crippen molar-refractivity contribution in [3.05, 3.63) is 33.3 Å². The second-order valence-corrected chi connectivity index (χ2v) is 4.86. The lowest BCUT2D eigenvalue weighted by molar-refractivity contribution is -0.384. The minimum absolute atomic E-state index is 0.0111. The molecule has 1 aromatic rings. The van der Waals surface area contributed by atoms with Gasteiger partial charge in [-0.15, -0.1) is 0 Å². The van der Waals surface area contributed by atoms with Crippen molar-refractivity contribution in [1.29, 1.82) is 0 Å². The van der Waals surface area contributed by atoms with Crippen LogP contribution in [-0.2, 0) is 0 Å². The van der Waals surface area contributed by atoms with Crippen molar-refractivity contribution in [2.45, 2.75) is 26.3 Å². The Labute approximate surface area is 111 Å². The number of anilines is 1. The first-order valence-electron chi connectivity index (χ1n) is 5.77. The normalized spacial score (nSPS) is 12.5. The fourth-order valence-corrected chi connectivity index (χ4v) is 1.87. The molecule has 0 aliphatic rings. The fraction of sp³-hybridized carbons (Fsp3) is 0.500. The third-order valence-electron chi connectivity index (χ3n) is 2.74. The van der Waals surface area contributed by atoms with E-state index in [2.05, 4.69) is 5.32 Å². The van der Waals surface area contributed by atoms with Gasteiger partial charge in [0.05, 0.1) is 4.92 Å². The molecule has 100 valence electrons. The second-order valence-electron chi connectivity index (χ2n) is 4.43. The van der Waals surface area contributed by atoms with Gasteiger partial charge in [-0.3, -0.25) is 10.1 Å². The standard InChI is InChI=1S/C12H17ClN2O3/c1-8(2)10(5-6-16)14-11-7-9(13)3-4-12(11)15(17)18/h3-4,7-8,10,14,16H,5-6H2,1-2H3. The molecule has 0 spiro atoms. The third kappa shape index (κ3) is 3.85. The van der Waals surface area contributed by atoms with E-state index in [9.17, 15) is 10.1 Å². The van der Waals surface area contributed by atoms with Gasteiger partial charge in [0.15, 0.2) is 0 Å². The summed E-state index contributed by atoms with van der Waals surface area (Å²) in [5.41, 5.74) is 0.377. The van der Waals surface area contributed by atoms with Gasteiger partial charge in [-0.2, -0.15) is 0 Å². The van der Waals surface area contributed by atoms with Crippen molar-refractivity contribution in [3.63, 3.8) is 0 Å². The Kier molecular flexibility index (Phi) is 5.37. The number of benzene rings is 1. The van der Waals surface area contributed by atoms with E-state index in [4.69, 9.17) is 16.7 Å². The Morgan fingerprint density at radius 2 is 2.17 bits per heavy atom. The summed E-state index contributed by atoms with van der Waals surface area (Å²) in [5.74, 6) is 0.246. The molecular formula is C12H17ClN2O3. The van der Waals surface area contributed by atoms with Crippen LogP contribution in [0.25, 0.3) is 0 Å². The van der Waals surface area contributed by atoms with Gasteiger partial charge in [-0.05, 0) is 24.5 Å². The minimum Gasteiger partial charge on any atom is -0.396 e. The molecule has 0 aliphatic heterocycles. The van der Waals surface area contributed by atoms with Crippen molar-refractivity contribution in [2.24, 2.45) is 5.92 Å². The number of nitrogens with zero attached hydrogens (tertiary/aromatic N) is 1. The van der Waals surface area contributed by atoms with E-state index < -0.39 is 4.92 Å².